The van der Waals surface area contributed by atoms with Crippen molar-refractivity contribution in [2.24, 2.45) is 0 Å². The highest BCUT2D eigenvalue weighted by Gasteiger charge is 2.12. The fourth-order valence-corrected chi connectivity index (χ4v) is 3.04. The molecule has 0 spiro atoms. The molecule has 4 heteroatoms. The van der Waals surface area contributed by atoms with Crippen LogP contribution in [0.5, 0.6) is 0 Å². The third kappa shape index (κ3) is 4.16. The normalized spacial score (nSPS) is 13.1. The molecule has 21 heavy (non-hydrogen) atoms. The van der Waals surface area contributed by atoms with Crippen LogP contribution in [0, 0.1) is 6.92 Å². The SMILES string of the molecule is CNC(Cc1cccc(C)c1)c1ccc(S(C)(=O)=O)cc1. The van der Waals surface area contributed by atoms with Gasteiger partial charge in [0.15, 0.2) is 9.84 Å². The van der Waals surface area contributed by atoms with Crippen LogP contribution in [-0.2, 0) is 16.3 Å². The monoisotopic (exact) mass is 303 g/mol. The van der Waals surface area contributed by atoms with E-state index in [1.54, 1.807) is 12.1 Å². The summed E-state index contributed by atoms with van der Waals surface area (Å²) in [6.45, 7) is 2.08. The standard InChI is InChI=1S/C17H21NO2S/c1-13-5-4-6-14(11-13)12-17(18-2)15-7-9-16(10-8-15)21(3,19)20/h4-11,17-18H,12H2,1-3H3. The molecule has 0 amide bonds. The van der Waals surface area contributed by atoms with Gasteiger partial charge in [-0.05, 0) is 43.7 Å². The van der Waals surface area contributed by atoms with E-state index in [0.29, 0.717) is 4.90 Å². The summed E-state index contributed by atoms with van der Waals surface area (Å²) in [6.07, 6.45) is 2.10. The number of rotatable bonds is 5. The molecule has 112 valence electrons. The van der Waals surface area contributed by atoms with Gasteiger partial charge >= 0.3 is 0 Å². The lowest BCUT2D eigenvalue weighted by molar-refractivity contribution is 0.590. The largest absolute Gasteiger partial charge is 0.313 e. The van der Waals surface area contributed by atoms with Gasteiger partial charge in [-0.1, -0.05) is 42.0 Å². The van der Waals surface area contributed by atoms with Gasteiger partial charge in [0.1, 0.15) is 0 Å². The van der Waals surface area contributed by atoms with E-state index in [0.717, 1.165) is 12.0 Å². The van der Waals surface area contributed by atoms with Crippen molar-refractivity contribution in [3.05, 3.63) is 65.2 Å². The molecule has 0 fully saturated rings. The van der Waals surface area contributed by atoms with Crippen molar-refractivity contribution in [2.75, 3.05) is 13.3 Å². The topological polar surface area (TPSA) is 46.2 Å². The van der Waals surface area contributed by atoms with E-state index in [2.05, 4.69) is 36.5 Å². The molecular formula is C17H21NO2S. The van der Waals surface area contributed by atoms with Crippen LogP contribution in [0.2, 0.25) is 0 Å². The molecule has 0 aromatic heterocycles. The highest BCUT2D eigenvalue weighted by molar-refractivity contribution is 7.90. The number of hydrogen-bond donors (Lipinski definition) is 1. The average molecular weight is 303 g/mol. The smallest absolute Gasteiger partial charge is 0.175 e. The van der Waals surface area contributed by atoms with E-state index in [4.69, 9.17) is 0 Å². The number of nitrogens with one attached hydrogen (secondary N) is 1. The van der Waals surface area contributed by atoms with E-state index >= 15 is 0 Å². The van der Waals surface area contributed by atoms with Gasteiger partial charge in [0.05, 0.1) is 4.90 Å². The molecule has 1 N–H and O–H groups in total. The molecule has 0 aliphatic rings. The third-order valence-electron chi connectivity index (χ3n) is 3.58. The molecule has 3 nitrogen and oxygen atoms in total. The van der Waals surface area contributed by atoms with Gasteiger partial charge in [-0.3, -0.25) is 0 Å². The number of hydrogen-bond acceptors (Lipinski definition) is 3. The maximum absolute atomic E-state index is 11.5. The highest BCUT2D eigenvalue weighted by Crippen LogP contribution is 2.20. The van der Waals surface area contributed by atoms with E-state index in [1.165, 1.54) is 17.4 Å². The predicted octanol–water partition coefficient (Wildman–Crippen LogP) is 2.90. The summed E-state index contributed by atoms with van der Waals surface area (Å²) in [7, 11) is -1.22. The minimum atomic E-state index is -3.14. The van der Waals surface area contributed by atoms with Crippen molar-refractivity contribution in [3.63, 3.8) is 0 Å². The third-order valence-corrected chi connectivity index (χ3v) is 4.71. The molecule has 1 atom stereocenters. The van der Waals surface area contributed by atoms with Gasteiger partial charge in [0.2, 0.25) is 0 Å². The molecule has 0 radical (unpaired) electrons. The summed E-state index contributed by atoms with van der Waals surface area (Å²) in [4.78, 5) is 0.358. The predicted molar refractivity (Wildman–Crippen MR) is 86.2 cm³/mol. The summed E-state index contributed by atoms with van der Waals surface area (Å²) in [5.74, 6) is 0. The molecule has 0 bridgehead atoms. The molecule has 1 unspecified atom stereocenters. The van der Waals surface area contributed by atoms with Crippen LogP contribution in [0.25, 0.3) is 0 Å². The summed E-state index contributed by atoms with van der Waals surface area (Å²) >= 11 is 0. The molecule has 2 aromatic rings. The molecule has 0 aliphatic heterocycles. The van der Waals surface area contributed by atoms with Gasteiger partial charge in [-0.15, -0.1) is 0 Å². The molecule has 0 saturated heterocycles. The lowest BCUT2D eigenvalue weighted by Crippen LogP contribution is -2.19. The maximum atomic E-state index is 11.5. The zero-order chi connectivity index (χ0) is 15.5. The first kappa shape index (κ1) is 15.7. The molecule has 0 saturated carbocycles. The Bertz CT molecular complexity index is 706. The Kier molecular flexibility index (Phi) is 4.80. The number of benzene rings is 2. The van der Waals surface area contributed by atoms with Crippen LogP contribution in [0.3, 0.4) is 0 Å². The second-order valence-electron chi connectivity index (χ2n) is 5.38. The minimum absolute atomic E-state index is 0.167. The lowest BCUT2D eigenvalue weighted by atomic mass is 9.98. The lowest BCUT2D eigenvalue weighted by Gasteiger charge is -2.17. The molecular weight excluding hydrogens is 282 g/mol. The van der Waals surface area contributed by atoms with Gasteiger partial charge in [-0.25, -0.2) is 8.42 Å². The van der Waals surface area contributed by atoms with Gasteiger partial charge in [-0.2, -0.15) is 0 Å². The summed E-state index contributed by atoms with van der Waals surface area (Å²) in [6, 6.07) is 15.7. The first-order valence-electron chi connectivity index (χ1n) is 6.93. The first-order chi connectivity index (χ1) is 9.90. The van der Waals surface area contributed by atoms with Crippen LogP contribution in [0.1, 0.15) is 22.7 Å². The van der Waals surface area contributed by atoms with E-state index in [9.17, 15) is 8.42 Å². The van der Waals surface area contributed by atoms with Crippen LogP contribution in [0.4, 0.5) is 0 Å². The quantitative estimate of drug-likeness (QED) is 0.924. The zero-order valence-corrected chi connectivity index (χ0v) is 13.4. The summed E-state index contributed by atoms with van der Waals surface area (Å²) in [5.41, 5.74) is 3.60. The maximum Gasteiger partial charge on any atom is 0.175 e. The number of aryl methyl sites for hydroxylation is 1. The van der Waals surface area contributed by atoms with E-state index < -0.39 is 9.84 Å². The fourth-order valence-electron chi connectivity index (χ4n) is 2.41. The summed E-state index contributed by atoms with van der Waals surface area (Å²) < 4.78 is 23.0. The van der Waals surface area contributed by atoms with Crippen LogP contribution < -0.4 is 5.32 Å². The van der Waals surface area contributed by atoms with Gasteiger partial charge < -0.3 is 5.32 Å². The fraction of sp³-hybridized carbons (Fsp3) is 0.294. The molecule has 0 heterocycles. The van der Waals surface area contributed by atoms with Crippen molar-refractivity contribution < 1.29 is 8.42 Å². The van der Waals surface area contributed by atoms with Crippen molar-refractivity contribution in [1.82, 2.24) is 5.32 Å². The zero-order valence-electron chi connectivity index (χ0n) is 12.6. The minimum Gasteiger partial charge on any atom is -0.313 e. The van der Waals surface area contributed by atoms with Crippen LogP contribution >= 0.6 is 0 Å². The second kappa shape index (κ2) is 6.41. The highest BCUT2D eigenvalue weighted by atomic mass is 32.2. The van der Waals surface area contributed by atoms with Crippen molar-refractivity contribution in [2.45, 2.75) is 24.3 Å². The Hall–Kier alpha value is -1.65. The Labute approximate surface area is 126 Å². The average Bonchev–Trinajstić information content (AvgIpc) is 2.44. The first-order valence-corrected chi connectivity index (χ1v) is 8.82. The Balaban J connectivity index is 2.21. The second-order valence-corrected chi connectivity index (χ2v) is 7.39. The molecule has 0 aliphatic carbocycles. The van der Waals surface area contributed by atoms with Crippen molar-refractivity contribution >= 4 is 9.84 Å². The Morgan fingerprint density at radius 1 is 1.10 bits per heavy atom. The van der Waals surface area contributed by atoms with Gasteiger partial charge in [0.25, 0.3) is 0 Å². The van der Waals surface area contributed by atoms with E-state index in [-0.39, 0.29) is 6.04 Å². The Morgan fingerprint density at radius 3 is 2.29 bits per heavy atom. The van der Waals surface area contributed by atoms with Crippen LogP contribution in [-0.4, -0.2) is 21.7 Å². The molecule has 2 rings (SSSR count). The van der Waals surface area contributed by atoms with Crippen LogP contribution in [0.15, 0.2) is 53.4 Å². The summed E-state index contributed by atoms with van der Waals surface area (Å²) in [5, 5.41) is 3.30. The molecule has 2 aromatic carbocycles. The number of likely N-dealkylation sites (N-methyl/N-ethyl adjacent to an activating group) is 1. The van der Waals surface area contributed by atoms with Crippen molar-refractivity contribution in [1.29, 1.82) is 0 Å². The van der Waals surface area contributed by atoms with Gasteiger partial charge in [0, 0.05) is 12.3 Å². The van der Waals surface area contributed by atoms with E-state index in [1.807, 2.05) is 19.2 Å². The number of sulfone groups is 1. The van der Waals surface area contributed by atoms with Crippen molar-refractivity contribution in [3.8, 4) is 0 Å². The Morgan fingerprint density at radius 2 is 1.76 bits per heavy atom.